The van der Waals surface area contributed by atoms with Gasteiger partial charge in [-0.2, -0.15) is 0 Å². The van der Waals surface area contributed by atoms with E-state index >= 15 is 0 Å². The molecular formula is C20H25ClN2. The molecule has 1 aliphatic rings. The first-order valence-electron chi connectivity index (χ1n) is 8.59. The van der Waals surface area contributed by atoms with Crippen LogP contribution in [0.4, 0.5) is 0 Å². The third-order valence-electron chi connectivity index (χ3n) is 4.56. The van der Waals surface area contributed by atoms with Crippen molar-refractivity contribution in [2.45, 2.75) is 25.3 Å². The third kappa shape index (κ3) is 4.81. The van der Waals surface area contributed by atoms with Gasteiger partial charge in [0.05, 0.1) is 6.04 Å². The number of hydrogen-bond acceptors (Lipinski definition) is 2. The highest BCUT2D eigenvalue weighted by Gasteiger charge is 2.15. The summed E-state index contributed by atoms with van der Waals surface area (Å²) in [6.07, 6.45) is 4.08. The Hall–Kier alpha value is -1.35. The lowest BCUT2D eigenvalue weighted by atomic mass is 9.99. The predicted molar refractivity (Wildman–Crippen MR) is 98.0 cm³/mol. The minimum Gasteiger partial charge on any atom is -0.305 e. The Morgan fingerprint density at radius 2 is 1.52 bits per heavy atom. The Morgan fingerprint density at radius 3 is 2.22 bits per heavy atom. The van der Waals surface area contributed by atoms with Gasteiger partial charge in [-0.05, 0) is 49.2 Å². The summed E-state index contributed by atoms with van der Waals surface area (Å²) in [7, 11) is 0. The maximum Gasteiger partial charge on any atom is 0.0577 e. The Balaban J connectivity index is 1.66. The van der Waals surface area contributed by atoms with E-state index in [1.54, 1.807) is 0 Å². The number of rotatable bonds is 6. The number of halogens is 1. The fourth-order valence-electron chi connectivity index (χ4n) is 3.28. The number of benzene rings is 2. The van der Waals surface area contributed by atoms with Gasteiger partial charge in [-0.1, -0.05) is 60.5 Å². The van der Waals surface area contributed by atoms with Crippen LogP contribution in [0.1, 0.15) is 36.4 Å². The van der Waals surface area contributed by atoms with Crippen molar-refractivity contribution >= 4 is 11.6 Å². The molecule has 1 heterocycles. The van der Waals surface area contributed by atoms with Crippen LogP contribution in [0.25, 0.3) is 0 Å². The largest absolute Gasteiger partial charge is 0.305 e. The molecule has 0 spiro atoms. The summed E-state index contributed by atoms with van der Waals surface area (Å²) in [6, 6.07) is 19.0. The molecule has 3 rings (SSSR count). The summed E-state index contributed by atoms with van der Waals surface area (Å²) in [5.74, 6) is 0. The highest BCUT2D eigenvalue weighted by Crippen LogP contribution is 2.23. The topological polar surface area (TPSA) is 15.3 Å². The Kier molecular flexibility index (Phi) is 6.09. The van der Waals surface area contributed by atoms with Gasteiger partial charge in [0.2, 0.25) is 0 Å². The SMILES string of the molecule is Clc1ccc(C(NCCN2CCCCC2)c2ccccc2)cc1. The van der Waals surface area contributed by atoms with E-state index in [4.69, 9.17) is 11.6 Å². The second-order valence-electron chi connectivity index (χ2n) is 6.25. The average Bonchev–Trinajstić information content (AvgIpc) is 2.61. The first kappa shape index (κ1) is 16.5. The molecule has 2 nitrogen and oxygen atoms in total. The standard InChI is InChI=1S/C20H25ClN2/c21-19-11-9-18(10-12-19)20(17-7-3-1-4-8-17)22-13-16-23-14-5-2-6-15-23/h1,3-4,7-12,20,22H,2,5-6,13-16H2. The van der Waals surface area contributed by atoms with Crippen molar-refractivity contribution < 1.29 is 0 Å². The molecule has 1 unspecified atom stereocenters. The maximum atomic E-state index is 6.04. The van der Waals surface area contributed by atoms with E-state index in [1.807, 2.05) is 12.1 Å². The van der Waals surface area contributed by atoms with E-state index in [0.29, 0.717) is 0 Å². The zero-order valence-electron chi connectivity index (χ0n) is 13.5. The fraction of sp³-hybridized carbons (Fsp3) is 0.400. The van der Waals surface area contributed by atoms with Crippen molar-refractivity contribution in [1.29, 1.82) is 0 Å². The molecule has 1 N–H and O–H groups in total. The van der Waals surface area contributed by atoms with Gasteiger partial charge in [0.25, 0.3) is 0 Å². The van der Waals surface area contributed by atoms with Crippen LogP contribution in [0.15, 0.2) is 54.6 Å². The van der Waals surface area contributed by atoms with Gasteiger partial charge in [-0.15, -0.1) is 0 Å². The van der Waals surface area contributed by atoms with Gasteiger partial charge >= 0.3 is 0 Å². The van der Waals surface area contributed by atoms with Crippen LogP contribution < -0.4 is 5.32 Å². The van der Waals surface area contributed by atoms with Crippen LogP contribution in [0.3, 0.4) is 0 Å². The van der Waals surface area contributed by atoms with Gasteiger partial charge in [-0.3, -0.25) is 0 Å². The van der Waals surface area contributed by atoms with Crippen LogP contribution in [-0.4, -0.2) is 31.1 Å². The van der Waals surface area contributed by atoms with Crippen molar-refractivity contribution in [2.24, 2.45) is 0 Å². The van der Waals surface area contributed by atoms with Gasteiger partial charge in [0.15, 0.2) is 0 Å². The minimum atomic E-state index is 0.221. The molecule has 122 valence electrons. The lowest BCUT2D eigenvalue weighted by molar-refractivity contribution is 0.227. The first-order chi connectivity index (χ1) is 11.3. The number of nitrogens with zero attached hydrogens (tertiary/aromatic N) is 1. The second kappa shape index (κ2) is 8.49. The number of likely N-dealkylation sites (tertiary alicyclic amines) is 1. The molecule has 23 heavy (non-hydrogen) atoms. The quantitative estimate of drug-likeness (QED) is 0.839. The molecule has 0 bridgehead atoms. The minimum absolute atomic E-state index is 0.221. The predicted octanol–water partition coefficient (Wildman–Crippen LogP) is 4.50. The maximum absolute atomic E-state index is 6.04. The summed E-state index contributed by atoms with van der Waals surface area (Å²) >= 11 is 6.04. The zero-order valence-corrected chi connectivity index (χ0v) is 14.3. The van der Waals surface area contributed by atoms with E-state index in [1.165, 1.54) is 43.5 Å². The summed E-state index contributed by atoms with van der Waals surface area (Å²) in [6.45, 7) is 4.62. The van der Waals surface area contributed by atoms with E-state index in [-0.39, 0.29) is 6.04 Å². The molecule has 2 aromatic rings. The van der Waals surface area contributed by atoms with E-state index in [2.05, 4.69) is 52.7 Å². The summed E-state index contributed by atoms with van der Waals surface area (Å²) < 4.78 is 0. The van der Waals surface area contributed by atoms with Crippen molar-refractivity contribution in [1.82, 2.24) is 10.2 Å². The van der Waals surface area contributed by atoms with E-state index < -0.39 is 0 Å². The third-order valence-corrected chi connectivity index (χ3v) is 4.81. The Morgan fingerprint density at radius 1 is 0.870 bits per heavy atom. The summed E-state index contributed by atoms with van der Waals surface area (Å²) in [5, 5.41) is 4.52. The van der Waals surface area contributed by atoms with Crippen LogP contribution in [-0.2, 0) is 0 Å². The molecule has 0 radical (unpaired) electrons. The molecule has 0 aliphatic carbocycles. The highest BCUT2D eigenvalue weighted by molar-refractivity contribution is 6.30. The van der Waals surface area contributed by atoms with Crippen molar-refractivity contribution in [2.75, 3.05) is 26.2 Å². The van der Waals surface area contributed by atoms with E-state index in [9.17, 15) is 0 Å². The van der Waals surface area contributed by atoms with E-state index in [0.717, 1.165) is 18.1 Å². The molecule has 1 fully saturated rings. The van der Waals surface area contributed by atoms with Gasteiger partial charge in [0, 0.05) is 18.1 Å². The number of piperidine rings is 1. The van der Waals surface area contributed by atoms with Crippen LogP contribution >= 0.6 is 11.6 Å². The van der Waals surface area contributed by atoms with Gasteiger partial charge in [-0.25, -0.2) is 0 Å². The molecule has 0 aromatic heterocycles. The van der Waals surface area contributed by atoms with Gasteiger partial charge in [0.1, 0.15) is 0 Å². The molecule has 3 heteroatoms. The normalized spacial score (nSPS) is 17.1. The molecule has 2 aromatic carbocycles. The first-order valence-corrected chi connectivity index (χ1v) is 8.97. The average molecular weight is 329 g/mol. The molecule has 1 atom stereocenters. The lowest BCUT2D eigenvalue weighted by Crippen LogP contribution is -2.37. The Labute approximate surface area is 144 Å². The smallest absolute Gasteiger partial charge is 0.0577 e. The van der Waals surface area contributed by atoms with Crippen LogP contribution in [0, 0.1) is 0 Å². The lowest BCUT2D eigenvalue weighted by Gasteiger charge is -2.28. The monoisotopic (exact) mass is 328 g/mol. The van der Waals surface area contributed by atoms with Crippen molar-refractivity contribution in [3.05, 3.63) is 70.7 Å². The molecular weight excluding hydrogens is 304 g/mol. The second-order valence-corrected chi connectivity index (χ2v) is 6.69. The van der Waals surface area contributed by atoms with Gasteiger partial charge < -0.3 is 10.2 Å². The van der Waals surface area contributed by atoms with Crippen molar-refractivity contribution in [3.63, 3.8) is 0 Å². The molecule has 1 aliphatic heterocycles. The zero-order chi connectivity index (χ0) is 15.9. The van der Waals surface area contributed by atoms with Crippen LogP contribution in [0.2, 0.25) is 5.02 Å². The summed E-state index contributed by atoms with van der Waals surface area (Å²) in [5.41, 5.74) is 2.56. The molecule has 0 saturated carbocycles. The summed E-state index contributed by atoms with van der Waals surface area (Å²) in [4.78, 5) is 2.57. The fourth-order valence-corrected chi connectivity index (χ4v) is 3.40. The number of nitrogens with one attached hydrogen (secondary N) is 1. The number of hydrogen-bond donors (Lipinski definition) is 1. The highest BCUT2D eigenvalue weighted by atomic mass is 35.5. The van der Waals surface area contributed by atoms with Crippen LogP contribution in [0.5, 0.6) is 0 Å². The molecule has 1 saturated heterocycles. The van der Waals surface area contributed by atoms with Crippen molar-refractivity contribution in [3.8, 4) is 0 Å². The molecule has 0 amide bonds. The Bertz CT molecular complexity index is 576.